The number of thioether (sulfide) groups is 1. The van der Waals surface area contributed by atoms with Gasteiger partial charge in [-0.2, -0.15) is 0 Å². The molecule has 0 aliphatic carbocycles. The van der Waals surface area contributed by atoms with E-state index in [4.69, 9.17) is 5.73 Å². The number of hydrogen-bond acceptors (Lipinski definition) is 4. The molecule has 0 aliphatic heterocycles. The van der Waals surface area contributed by atoms with Crippen LogP contribution in [-0.2, 0) is 13.1 Å². The highest BCUT2D eigenvalue weighted by Gasteiger charge is 2.11. The molecule has 0 radical (unpaired) electrons. The number of aryl methyl sites for hydroxylation is 1. The second kappa shape index (κ2) is 6.77. The summed E-state index contributed by atoms with van der Waals surface area (Å²) in [6.45, 7) is 3.35. The zero-order valence-corrected chi connectivity index (χ0v) is 13.1. The summed E-state index contributed by atoms with van der Waals surface area (Å²) in [7, 11) is 2.09. The van der Waals surface area contributed by atoms with E-state index < -0.39 is 0 Å². The van der Waals surface area contributed by atoms with Gasteiger partial charge < -0.3 is 10.6 Å². The number of anilines is 1. The van der Waals surface area contributed by atoms with Crippen LogP contribution in [0.15, 0.2) is 41.3 Å². The molecule has 2 N–H and O–H groups in total. The molecule has 0 saturated heterocycles. The predicted molar refractivity (Wildman–Crippen MR) is 87.2 cm³/mol. The fourth-order valence-electron chi connectivity index (χ4n) is 2.32. The van der Waals surface area contributed by atoms with Crippen molar-refractivity contribution in [1.29, 1.82) is 0 Å². The maximum absolute atomic E-state index is 5.93. The zero-order valence-electron chi connectivity index (χ0n) is 12.3. The molecule has 3 nitrogen and oxygen atoms in total. The number of aromatic nitrogens is 1. The van der Waals surface area contributed by atoms with Crippen LogP contribution >= 0.6 is 11.8 Å². The average Bonchev–Trinajstić information content (AvgIpc) is 2.46. The molecule has 106 valence electrons. The lowest BCUT2D eigenvalue weighted by Crippen LogP contribution is -2.20. The largest absolute Gasteiger partial charge is 0.368 e. The minimum absolute atomic E-state index is 0.554. The first-order valence-corrected chi connectivity index (χ1v) is 7.87. The van der Waals surface area contributed by atoms with Gasteiger partial charge in [0.15, 0.2) is 0 Å². The van der Waals surface area contributed by atoms with E-state index in [2.05, 4.69) is 47.5 Å². The van der Waals surface area contributed by atoms with Gasteiger partial charge in [0.05, 0.1) is 12.2 Å². The summed E-state index contributed by atoms with van der Waals surface area (Å²) in [4.78, 5) is 8.02. The fraction of sp³-hybridized carbons (Fsp3) is 0.312. The molecule has 0 unspecified atom stereocenters. The van der Waals surface area contributed by atoms with E-state index in [1.807, 2.05) is 19.1 Å². The van der Waals surface area contributed by atoms with Crippen LogP contribution < -0.4 is 10.6 Å². The highest BCUT2D eigenvalue weighted by molar-refractivity contribution is 7.98. The van der Waals surface area contributed by atoms with Crippen LogP contribution in [0, 0.1) is 6.92 Å². The summed E-state index contributed by atoms with van der Waals surface area (Å²) in [5, 5.41) is 0. The van der Waals surface area contributed by atoms with E-state index in [0.717, 1.165) is 17.9 Å². The van der Waals surface area contributed by atoms with Gasteiger partial charge in [-0.3, -0.25) is 4.98 Å². The average molecular weight is 287 g/mol. The molecule has 0 saturated carbocycles. The Bertz CT molecular complexity index is 584. The van der Waals surface area contributed by atoms with Gasteiger partial charge in [0.1, 0.15) is 0 Å². The van der Waals surface area contributed by atoms with Crippen LogP contribution in [-0.4, -0.2) is 18.3 Å². The first-order valence-electron chi connectivity index (χ1n) is 6.65. The lowest BCUT2D eigenvalue weighted by Gasteiger charge is -2.23. The monoisotopic (exact) mass is 287 g/mol. The summed E-state index contributed by atoms with van der Waals surface area (Å²) in [6, 6.07) is 12.5. The summed E-state index contributed by atoms with van der Waals surface area (Å²) in [6.07, 6.45) is 2.08. The van der Waals surface area contributed by atoms with Gasteiger partial charge in [-0.05, 0) is 37.4 Å². The summed E-state index contributed by atoms with van der Waals surface area (Å²) >= 11 is 1.74. The molecule has 1 aromatic heterocycles. The van der Waals surface area contributed by atoms with Gasteiger partial charge in [-0.15, -0.1) is 11.8 Å². The van der Waals surface area contributed by atoms with Gasteiger partial charge >= 0.3 is 0 Å². The third kappa shape index (κ3) is 3.32. The molecule has 1 heterocycles. The van der Waals surface area contributed by atoms with Crippen LogP contribution in [0.25, 0.3) is 0 Å². The van der Waals surface area contributed by atoms with E-state index in [1.165, 1.54) is 16.1 Å². The number of nitrogens with two attached hydrogens (primary N) is 1. The number of pyridine rings is 1. The van der Waals surface area contributed by atoms with Crippen molar-refractivity contribution < 1.29 is 0 Å². The number of rotatable bonds is 5. The predicted octanol–water partition coefficient (Wildman–Crippen LogP) is 3.21. The third-order valence-electron chi connectivity index (χ3n) is 3.29. The van der Waals surface area contributed by atoms with E-state index in [9.17, 15) is 0 Å². The topological polar surface area (TPSA) is 42.2 Å². The Kier molecular flexibility index (Phi) is 5.04. The fourth-order valence-corrected chi connectivity index (χ4v) is 2.97. The third-order valence-corrected chi connectivity index (χ3v) is 4.11. The molecule has 2 rings (SSSR count). The van der Waals surface area contributed by atoms with Gasteiger partial charge in [-0.1, -0.05) is 12.1 Å². The number of nitrogens with zero attached hydrogens (tertiary/aromatic N) is 2. The Morgan fingerprint density at radius 2 is 1.95 bits per heavy atom. The molecule has 0 aliphatic rings. The van der Waals surface area contributed by atoms with Crippen LogP contribution in [0.3, 0.4) is 0 Å². The molecule has 0 spiro atoms. The van der Waals surface area contributed by atoms with Crippen LogP contribution in [0.2, 0.25) is 0 Å². The smallest absolute Gasteiger partial charge is 0.0600 e. The summed E-state index contributed by atoms with van der Waals surface area (Å²) in [5.41, 5.74) is 10.4. The summed E-state index contributed by atoms with van der Waals surface area (Å²) in [5.74, 6) is 0. The molecule has 0 atom stereocenters. The molecule has 4 heteroatoms. The molecule has 0 fully saturated rings. The Morgan fingerprint density at radius 3 is 2.60 bits per heavy atom. The maximum Gasteiger partial charge on any atom is 0.0600 e. The van der Waals surface area contributed by atoms with Gasteiger partial charge in [0, 0.05) is 35.4 Å². The van der Waals surface area contributed by atoms with Crippen molar-refractivity contribution in [3.8, 4) is 0 Å². The Labute approximate surface area is 125 Å². The molecule has 2 aromatic rings. The van der Waals surface area contributed by atoms with Crippen molar-refractivity contribution in [3.63, 3.8) is 0 Å². The molecule has 0 bridgehead atoms. The number of hydrogen-bond donors (Lipinski definition) is 1. The van der Waals surface area contributed by atoms with Crippen LogP contribution in [0.4, 0.5) is 5.69 Å². The van der Waals surface area contributed by atoms with Crippen molar-refractivity contribution in [1.82, 2.24) is 4.98 Å². The highest BCUT2D eigenvalue weighted by atomic mass is 32.2. The van der Waals surface area contributed by atoms with E-state index in [0.29, 0.717) is 6.54 Å². The van der Waals surface area contributed by atoms with Crippen molar-refractivity contribution in [3.05, 3.63) is 53.3 Å². The lowest BCUT2D eigenvalue weighted by molar-refractivity contribution is 0.859. The van der Waals surface area contributed by atoms with Crippen LogP contribution in [0.1, 0.15) is 17.0 Å². The Morgan fingerprint density at radius 1 is 1.20 bits per heavy atom. The number of benzene rings is 1. The highest BCUT2D eigenvalue weighted by Crippen LogP contribution is 2.29. The SMILES string of the molecule is CSc1cccc(N(C)Cc2cccc(C)n2)c1CN. The first-order chi connectivity index (χ1) is 9.65. The second-order valence-electron chi connectivity index (χ2n) is 4.79. The Hall–Kier alpha value is -1.52. The minimum atomic E-state index is 0.554. The van der Waals surface area contributed by atoms with Crippen molar-refractivity contribution in [2.75, 3.05) is 18.2 Å². The van der Waals surface area contributed by atoms with Crippen LogP contribution in [0.5, 0.6) is 0 Å². The van der Waals surface area contributed by atoms with Crippen molar-refractivity contribution in [2.24, 2.45) is 5.73 Å². The van der Waals surface area contributed by atoms with Crippen molar-refractivity contribution in [2.45, 2.75) is 24.9 Å². The quantitative estimate of drug-likeness (QED) is 0.858. The van der Waals surface area contributed by atoms with Gasteiger partial charge in [0.2, 0.25) is 0 Å². The normalized spacial score (nSPS) is 10.6. The zero-order chi connectivity index (χ0) is 14.5. The van der Waals surface area contributed by atoms with Gasteiger partial charge in [-0.25, -0.2) is 0 Å². The standard InChI is InChI=1S/C16H21N3S/c1-12-6-4-7-13(18-12)11-19(2)15-8-5-9-16(20-3)14(15)10-17/h4-9H,10-11,17H2,1-3H3. The maximum atomic E-state index is 5.93. The molecule has 20 heavy (non-hydrogen) atoms. The lowest BCUT2D eigenvalue weighted by atomic mass is 10.1. The van der Waals surface area contributed by atoms with E-state index in [-0.39, 0.29) is 0 Å². The Balaban J connectivity index is 2.27. The summed E-state index contributed by atoms with van der Waals surface area (Å²) < 4.78 is 0. The molecular weight excluding hydrogens is 266 g/mol. The molecular formula is C16H21N3S. The molecule has 0 amide bonds. The van der Waals surface area contributed by atoms with E-state index >= 15 is 0 Å². The minimum Gasteiger partial charge on any atom is -0.368 e. The molecule has 1 aromatic carbocycles. The second-order valence-corrected chi connectivity index (χ2v) is 5.64. The van der Waals surface area contributed by atoms with E-state index in [1.54, 1.807) is 11.8 Å². The van der Waals surface area contributed by atoms with Gasteiger partial charge in [0.25, 0.3) is 0 Å². The van der Waals surface area contributed by atoms with Crippen molar-refractivity contribution >= 4 is 17.4 Å². The first kappa shape index (κ1) is 14.9.